The second-order valence-electron chi connectivity index (χ2n) is 4.03. The van der Waals surface area contributed by atoms with E-state index in [1.807, 2.05) is 0 Å². The third-order valence-corrected chi connectivity index (χ3v) is 2.68. The Bertz CT molecular complexity index is 323. The molecule has 90 valence electrons. The van der Waals surface area contributed by atoms with Crippen LogP contribution in [0.4, 0.5) is 0 Å². The van der Waals surface area contributed by atoms with Gasteiger partial charge in [0.1, 0.15) is 6.04 Å². The van der Waals surface area contributed by atoms with Crippen LogP contribution in [0.25, 0.3) is 0 Å². The summed E-state index contributed by atoms with van der Waals surface area (Å²) in [7, 11) is 0. The quantitative estimate of drug-likeness (QED) is 0.761. The Morgan fingerprint density at radius 1 is 1.50 bits per heavy atom. The van der Waals surface area contributed by atoms with Gasteiger partial charge in [-0.15, -0.1) is 0 Å². The van der Waals surface area contributed by atoms with Crippen molar-refractivity contribution in [3.63, 3.8) is 0 Å². The molecular formula is C10H17N3O3. The molecule has 1 fully saturated rings. The molecule has 0 amide bonds. The number of aliphatic hydroxyl groups excluding tert-OH is 1. The largest absolute Gasteiger partial charge is 0.394 e. The summed E-state index contributed by atoms with van der Waals surface area (Å²) in [5, 5.41) is 12.7. The number of nitrogens with zero attached hydrogens (tertiary/aromatic N) is 2. The zero-order valence-electron chi connectivity index (χ0n) is 9.13. The van der Waals surface area contributed by atoms with Gasteiger partial charge in [0.05, 0.1) is 12.7 Å². The molecular weight excluding hydrogens is 210 g/mol. The summed E-state index contributed by atoms with van der Waals surface area (Å²) < 4.78 is 10.5. The minimum atomic E-state index is -0.589. The van der Waals surface area contributed by atoms with Gasteiger partial charge in [-0.2, -0.15) is 4.98 Å². The lowest BCUT2D eigenvalue weighted by molar-refractivity contribution is 0.0153. The topological polar surface area (TPSA) is 94.4 Å². The molecule has 0 spiro atoms. The first kappa shape index (κ1) is 11.5. The molecule has 2 unspecified atom stereocenters. The summed E-state index contributed by atoms with van der Waals surface area (Å²) in [5.41, 5.74) is 5.56. The monoisotopic (exact) mass is 227 g/mol. The minimum absolute atomic E-state index is 0.185. The van der Waals surface area contributed by atoms with Crippen molar-refractivity contribution in [1.82, 2.24) is 10.1 Å². The lowest BCUT2D eigenvalue weighted by atomic mass is 10.1. The van der Waals surface area contributed by atoms with Crippen molar-refractivity contribution in [2.75, 3.05) is 13.2 Å². The van der Waals surface area contributed by atoms with E-state index in [1.54, 1.807) is 0 Å². The van der Waals surface area contributed by atoms with E-state index in [4.69, 9.17) is 20.1 Å². The second kappa shape index (κ2) is 5.38. The van der Waals surface area contributed by atoms with Gasteiger partial charge in [-0.05, 0) is 19.3 Å². The van der Waals surface area contributed by atoms with E-state index in [9.17, 15) is 0 Å². The Labute approximate surface area is 93.8 Å². The minimum Gasteiger partial charge on any atom is -0.394 e. The van der Waals surface area contributed by atoms with Crippen LogP contribution in [0.1, 0.15) is 37.0 Å². The molecule has 2 atom stereocenters. The van der Waals surface area contributed by atoms with Crippen molar-refractivity contribution in [2.24, 2.45) is 5.73 Å². The number of hydrogen-bond donors (Lipinski definition) is 2. The summed E-state index contributed by atoms with van der Waals surface area (Å²) >= 11 is 0. The molecule has 2 heterocycles. The highest BCUT2D eigenvalue weighted by atomic mass is 16.5. The van der Waals surface area contributed by atoms with Crippen molar-refractivity contribution in [3.8, 4) is 0 Å². The lowest BCUT2D eigenvalue weighted by Crippen LogP contribution is -2.22. The summed E-state index contributed by atoms with van der Waals surface area (Å²) in [5.74, 6) is 0.888. The van der Waals surface area contributed by atoms with Gasteiger partial charge in [-0.25, -0.2) is 0 Å². The molecule has 0 aliphatic carbocycles. The molecule has 0 radical (unpaired) electrons. The molecule has 1 aromatic rings. The van der Waals surface area contributed by atoms with Crippen LogP contribution in [0.3, 0.4) is 0 Å². The Balaban J connectivity index is 1.91. The van der Waals surface area contributed by atoms with E-state index in [0.29, 0.717) is 12.2 Å². The van der Waals surface area contributed by atoms with Crippen LogP contribution in [0.15, 0.2) is 4.52 Å². The van der Waals surface area contributed by atoms with E-state index in [1.165, 1.54) is 6.42 Å². The van der Waals surface area contributed by atoms with Crippen LogP contribution in [0.5, 0.6) is 0 Å². The van der Waals surface area contributed by atoms with Crippen LogP contribution in [-0.2, 0) is 11.2 Å². The number of aromatic nitrogens is 2. The van der Waals surface area contributed by atoms with E-state index < -0.39 is 6.04 Å². The van der Waals surface area contributed by atoms with Gasteiger partial charge in [0, 0.05) is 13.0 Å². The fourth-order valence-electron chi connectivity index (χ4n) is 1.75. The van der Waals surface area contributed by atoms with Crippen LogP contribution < -0.4 is 5.73 Å². The molecule has 1 saturated heterocycles. The zero-order chi connectivity index (χ0) is 11.4. The number of ether oxygens (including phenoxy) is 1. The molecule has 0 bridgehead atoms. The van der Waals surface area contributed by atoms with Crippen molar-refractivity contribution >= 4 is 0 Å². The molecule has 1 aliphatic rings. The summed E-state index contributed by atoms with van der Waals surface area (Å²) in [4.78, 5) is 4.13. The van der Waals surface area contributed by atoms with Gasteiger partial charge in [-0.3, -0.25) is 0 Å². The molecule has 1 aromatic heterocycles. The van der Waals surface area contributed by atoms with E-state index in [0.717, 1.165) is 19.4 Å². The third-order valence-electron chi connectivity index (χ3n) is 2.68. The highest BCUT2D eigenvalue weighted by Crippen LogP contribution is 2.16. The predicted molar refractivity (Wildman–Crippen MR) is 55.6 cm³/mol. The van der Waals surface area contributed by atoms with Crippen molar-refractivity contribution in [2.45, 2.75) is 37.8 Å². The van der Waals surface area contributed by atoms with Crippen molar-refractivity contribution < 1.29 is 14.4 Å². The van der Waals surface area contributed by atoms with Crippen LogP contribution >= 0.6 is 0 Å². The highest BCUT2D eigenvalue weighted by molar-refractivity contribution is 4.93. The molecule has 6 nitrogen and oxygen atoms in total. The van der Waals surface area contributed by atoms with Crippen LogP contribution in [0.2, 0.25) is 0 Å². The lowest BCUT2D eigenvalue weighted by Gasteiger charge is -2.20. The number of hydrogen-bond acceptors (Lipinski definition) is 6. The second-order valence-corrected chi connectivity index (χ2v) is 4.03. The molecule has 3 N–H and O–H groups in total. The Hall–Kier alpha value is -0.980. The van der Waals surface area contributed by atoms with Gasteiger partial charge in [0.15, 0.2) is 5.82 Å². The summed E-state index contributed by atoms with van der Waals surface area (Å²) in [6.45, 7) is 0.618. The SMILES string of the molecule is NC(CO)c1nc(CC2CCCCO2)no1. The standard InChI is InChI=1S/C10H17N3O3/c11-8(6-14)10-12-9(13-16-10)5-7-3-1-2-4-15-7/h7-8,14H,1-6,11H2. The van der Waals surface area contributed by atoms with Crippen molar-refractivity contribution in [3.05, 3.63) is 11.7 Å². The van der Waals surface area contributed by atoms with E-state index in [-0.39, 0.29) is 18.6 Å². The van der Waals surface area contributed by atoms with Gasteiger partial charge in [0.2, 0.25) is 5.89 Å². The average Bonchev–Trinajstić information content (AvgIpc) is 2.78. The summed E-state index contributed by atoms with van der Waals surface area (Å²) in [6, 6.07) is -0.589. The van der Waals surface area contributed by atoms with Crippen LogP contribution in [-0.4, -0.2) is 34.6 Å². The predicted octanol–water partition coefficient (Wildman–Crippen LogP) is 0.173. The highest BCUT2D eigenvalue weighted by Gasteiger charge is 2.19. The molecule has 16 heavy (non-hydrogen) atoms. The maximum absolute atomic E-state index is 8.84. The van der Waals surface area contributed by atoms with Gasteiger partial charge < -0.3 is 20.1 Å². The maximum atomic E-state index is 8.84. The molecule has 0 saturated carbocycles. The number of aliphatic hydroxyl groups is 1. The number of rotatable bonds is 4. The Kier molecular flexibility index (Phi) is 3.87. The van der Waals surface area contributed by atoms with Crippen LogP contribution in [0, 0.1) is 0 Å². The van der Waals surface area contributed by atoms with Crippen molar-refractivity contribution in [1.29, 1.82) is 0 Å². The fraction of sp³-hybridized carbons (Fsp3) is 0.800. The molecule has 6 heteroatoms. The first-order valence-electron chi connectivity index (χ1n) is 5.60. The first-order chi connectivity index (χ1) is 7.79. The smallest absolute Gasteiger partial charge is 0.245 e. The van der Waals surface area contributed by atoms with E-state index >= 15 is 0 Å². The fourth-order valence-corrected chi connectivity index (χ4v) is 1.75. The number of nitrogens with two attached hydrogens (primary N) is 1. The summed E-state index contributed by atoms with van der Waals surface area (Å²) in [6.07, 6.45) is 4.19. The molecule has 0 aromatic carbocycles. The Morgan fingerprint density at radius 3 is 3.06 bits per heavy atom. The van der Waals surface area contributed by atoms with Gasteiger partial charge in [0.25, 0.3) is 0 Å². The zero-order valence-corrected chi connectivity index (χ0v) is 9.13. The normalized spacial score (nSPS) is 23.2. The average molecular weight is 227 g/mol. The maximum Gasteiger partial charge on any atom is 0.245 e. The van der Waals surface area contributed by atoms with Gasteiger partial charge >= 0.3 is 0 Å². The van der Waals surface area contributed by atoms with Gasteiger partial charge in [-0.1, -0.05) is 5.16 Å². The molecule has 1 aliphatic heterocycles. The first-order valence-corrected chi connectivity index (χ1v) is 5.60. The third kappa shape index (κ3) is 2.78. The molecule has 2 rings (SSSR count). The Morgan fingerprint density at radius 2 is 2.38 bits per heavy atom. The van der Waals surface area contributed by atoms with E-state index in [2.05, 4.69) is 10.1 Å².